The minimum Gasteiger partial charge on any atom is -0.336 e. The smallest absolute Gasteiger partial charge is 0.334 e. The van der Waals surface area contributed by atoms with Crippen LogP contribution in [0.25, 0.3) is 11.0 Å². The second-order valence-electron chi connectivity index (χ2n) is 2.91. The highest BCUT2D eigenvalue weighted by Gasteiger charge is 2.07. The maximum absolute atomic E-state index is 11.2. The quantitative estimate of drug-likeness (QED) is 0.555. The fourth-order valence-electron chi connectivity index (χ4n) is 1.23. The van der Waals surface area contributed by atoms with Crippen molar-refractivity contribution in [3.8, 4) is 0 Å². The van der Waals surface area contributed by atoms with Gasteiger partial charge in [0.2, 0.25) is 0 Å². The number of nitrogens with zero attached hydrogens (tertiary/aromatic N) is 1. The maximum Gasteiger partial charge on any atom is 0.334 e. The van der Waals surface area contributed by atoms with Crippen molar-refractivity contribution in [1.82, 2.24) is 9.66 Å². The molecule has 1 heterocycles. The number of benzene rings is 1. The average molecular weight is 335 g/mol. The molecule has 1 aromatic heterocycles. The van der Waals surface area contributed by atoms with Gasteiger partial charge in [-0.3, -0.25) is 9.59 Å². The van der Waals surface area contributed by atoms with Crippen LogP contribution in [-0.4, -0.2) is 9.66 Å². The Bertz CT molecular complexity index is 659. The van der Waals surface area contributed by atoms with Gasteiger partial charge in [0, 0.05) is 8.95 Å². The highest BCUT2D eigenvalue weighted by molar-refractivity contribution is 9.13. The zero-order valence-corrected chi connectivity index (χ0v) is 10.4. The summed E-state index contributed by atoms with van der Waals surface area (Å²) in [4.78, 5) is 24.8. The van der Waals surface area contributed by atoms with E-state index < -0.39 is 11.1 Å². The molecule has 5 nitrogen and oxygen atoms in total. The molecular weight excluding hydrogens is 330 g/mol. The number of nitrogen functional groups attached to an aromatic ring is 1. The predicted octanol–water partition coefficient (Wildman–Crippen LogP) is 0.929. The van der Waals surface area contributed by atoms with E-state index in [2.05, 4.69) is 36.8 Å². The summed E-state index contributed by atoms with van der Waals surface area (Å²) in [5, 5.41) is 0. The van der Waals surface area contributed by atoms with E-state index in [-0.39, 0.29) is 0 Å². The number of fused-ring (bicyclic) bond motifs is 1. The number of H-pyrrole nitrogens is 1. The minimum atomic E-state index is -0.781. The number of hydrogen-bond acceptors (Lipinski definition) is 3. The largest absolute Gasteiger partial charge is 0.336 e. The summed E-state index contributed by atoms with van der Waals surface area (Å²) >= 11 is 6.57. The Balaban J connectivity index is 3.06. The molecule has 78 valence electrons. The summed E-state index contributed by atoms with van der Waals surface area (Å²) in [6, 6.07) is 3.32. The van der Waals surface area contributed by atoms with Crippen molar-refractivity contribution in [3.63, 3.8) is 0 Å². The van der Waals surface area contributed by atoms with E-state index in [9.17, 15) is 9.59 Å². The minimum absolute atomic E-state index is 0.453. The molecule has 3 N–H and O–H groups in total. The van der Waals surface area contributed by atoms with E-state index in [1.165, 1.54) is 0 Å². The van der Waals surface area contributed by atoms with Crippen molar-refractivity contribution in [3.05, 3.63) is 41.8 Å². The summed E-state index contributed by atoms with van der Waals surface area (Å²) in [6.07, 6.45) is 0. The first-order chi connectivity index (χ1) is 7.00. The van der Waals surface area contributed by atoms with Crippen LogP contribution in [-0.2, 0) is 0 Å². The summed E-state index contributed by atoms with van der Waals surface area (Å²) < 4.78 is 2.34. The molecular formula is C8H5Br2N3O2. The molecule has 0 aliphatic carbocycles. The zero-order valence-electron chi connectivity index (χ0n) is 7.25. The van der Waals surface area contributed by atoms with Gasteiger partial charge < -0.3 is 10.8 Å². The van der Waals surface area contributed by atoms with Crippen molar-refractivity contribution in [2.75, 3.05) is 5.84 Å². The van der Waals surface area contributed by atoms with Crippen molar-refractivity contribution in [1.29, 1.82) is 0 Å². The number of aromatic amines is 1. The lowest BCUT2D eigenvalue weighted by Gasteiger charge is -2.05. The average Bonchev–Trinajstić information content (AvgIpc) is 2.19. The Morgan fingerprint density at radius 2 is 1.80 bits per heavy atom. The van der Waals surface area contributed by atoms with Crippen molar-refractivity contribution in [2.45, 2.75) is 0 Å². The molecule has 0 spiro atoms. The van der Waals surface area contributed by atoms with Gasteiger partial charge in [-0.1, -0.05) is 0 Å². The first kappa shape index (κ1) is 10.4. The third-order valence-electron chi connectivity index (χ3n) is 1.96. The molecule has 0 atom stereocenters. The zero-order chi connectivity index (χ0) is 11.2. The highest BCUT2D eigenvalue weighted by atomic mass is 79.9. The Kier molecular flexibility index (Phi) is 2.43. The van der Waals surface area contributed by atoms with Crippen LogP contribution in [0.2, 0.25) is 0 Å². The molecule has 2 rings (SSSR count). The van der Waals surface area contributed by atoms with E-state index >= 15 is 0 Å². The number of aromatic nitrogens is 2. The summed E-state index contributed by atoms with van der Waals surface area (Å²) in [5.41, 5.74) is -0.567. The summed E-state index contributed by atoms with van der Waals surface area (Å²) in [6.45, 7) is 0. The second kappa shape index (κ2) is 3.49. The monoisotopic (exact) mass is 333 g/mol. The van der Waals surface area contributed by atoms with Crippen molar-refractivity contribution >= 4 is 42.9 Å². The van der Waals surface area contributed by atoms with Crippen LogP contribution in [0.4, 0.5) is 0 Å². The van der Waals surface area contributed by atoms with Gasteiger partial charge in [-0.15, -0.1) is 0 Å². The van der Waals surface area contributed by atoms with Gasteiger partial charge in [-0.25, -0.2) is 4.68 Å². The lowest BCUT2D eigenvalue weighted by molar-refractivity contribution is 0.941. The van der Waals surface area contributed by atoms with Gasteiger partial charge in [0.05, 0.1) is 11.0 Å². The molecule has 2 aromatic rings. The Hall–Kier alpha value is -1.08. The van der Waals surface area contributed by atoms with Crippen LogP contribution >= 0.6 is 31.9 Å². The molecule has 0 aliphatic rings. The van der Waals surface area contributed by atoms with Crippen molar-refractivity contribution < 1.29 is 0 Å². The van der Waals surface area contributed by atoms with Crippen LogP contribution < -0.4 is 17.0 Å². The Labute approximate surface area is 100 Å². The van der Waals surface area contributed by atoms with E-state index in [1.807, 2.05) is 0 Å². The van der Waals surface area contributed by atoms with Gasteiger partial charge in [0.1, 0.15) is 0 Å². The summed E-state index contributed by atoms with van der Waals surface area (Å²) in [5.74, 6) is 5.49. The number of halogens is 2. The van der Waals surface area contributed by atoms with E-state index in [1.54, 1.807) is 12.1 Å². The Morgan fingerprint density at radius 3 is 2.47 bits per heavy atom. The number of hydrogen-bond donors (Lipinski definition) is 2. The van der Waals surface area contributed by atoms with Crippen molar-refractivity contribution in [2.24, 2.45) is 0 Å². The lowest BCUT2D eigenvalue weighted by atomic mass is 10.3. The molecule has 0 saturated carbocycles. The van der Waals surface area contributed by atoms with Gasteiger partial charge in [-0.05, 0) is 44.0 Å². The number of nitrogens with one attached hydrogen (secondary N) is 1. The van der Waals surface area contributed by atoms with E-state index in [0.717, 1.165) is 13.6 Å². The van der Waals surface area contributed by atoms with Crippen LogP contribution in [0, 0.1) is 0 Å². The third-order valence-corrected chi connectivity index (χ3v) is 3.80. The second-order valence-corrected chi connectivity index (χ2v) is 4.62. The third kappa shape index (κ3) is 1.61. The predicted molar refractivity (Wildman–Crippen MR) is 64.4 cm³/mol. The SMILES string of the molecule is Nn1c(=O)c(=O)[nH]c2cc(Br)c(Br)cc21. The lowest BCUT2D eigenvalue weighted by Crippen LogP contribution is -2.40. The molecule has 0 radical (unpaired) electrons. The molecule has 0 aliphatic heterocycles. The van der Waals surface area contributed by atoms with Crippen LogP contribution in [0.15, 0.2) is 30.7 Å². The first-order valence-electron chi connectivity index (χ1n) is 3.90. The van der Waals surface area contributed by atoms with Crippen LogP contribution in [0.5, 0.6) is 0 Å². The van der Waals surface area contributed by atoms with Gasteiger partial charge in [-0.2, -0.15) is 0 Å². The van der Waals surface area contributed by atoms with Gasteiger partial charge >= 0.3 is 11.1 Å². The fraction of sp³-hybridized carbons (Fsp3) is 0. The maximum atomic E-state index is 11.2. The molecule has 1 aromatic carbocycles. The van der Waals surface area contributed by atoms with Gasteiger partial charge in [0.25, 0.3) is 0 Å². The summed E-state index contributed by atoms with van der Waals surface area (Å²) in [7, 11) is 0. The van der Waals surface area contributed by atoms with Crippen LogP contribution in [0.3, 0.4) is 0 Å². The topological polar surface area (TPSA) is 80.9 Å². The normalized spacial score (nSPS) is 10.8. The molecule has 0 unspecified atom stereocenters. The first-order valence-corrected chi connectivity index (χ1v) is 5.48. The number of nitrogens with two attached hydrogens (primary N) is 1. The van der Waals surface area contributed by atoms with Gasteiger partial charge in [0.15, 0.2) is 0 Å². The highest BCUT2D eigenvalue weighted by Crippen LogP contribution is 2.26. The molecule has 0 fully saturated rings. The van der Waals surface area contributed by atoms with E-state index in [0.29, 0.717) is 11.0 Å². The standard InChI is InChI=1S/C8H5Br2N3O2/c9-3-1-5-6(2-4(3)10)13(11)8(15)7(14)12-5/h1-2H,11H2,(H,12,14). The molecule has 0 saturated heterocycles. The number of rotatable bonds is 0. The van der Waals surface area contributed by atoms with Crippen LogP contribution in [0.1, 0.15) is 0 Å². The molecule has 7 heteroatoms. The van der Waals surface area contributed by atoms with E-state index in [4.69, 9.17) is 5.84 Å². The Morgan fingerprint density at radius 1 is 1.20 bits per heavy atom. The fourth-order valence-corrected chi connectivity index (χ4v) is 1.91. The molecule has 0 bridgehead atoms. The molecule has 15 heavy (non-hydrogen) atoms. The molecule has 0 amide bonds.